The Balaban J connectivity index is 2.02. The van der Waals surface area contributed by atoms with Crippen LogP contribution in [0.2, 0.25) is 0 Å². The molecular weight excluding hydrogens is 332 g/mol. The standard InChI is InChI=1S/C19H28N4O3/c1-3-15-12-16(7-6-14(15)2)21-17-13-18(25)23(19(26)22-17)10-5-4-8-20-9-11-24/h6-7,12-13,20-21,24H,3-5,8-11H2,1-2H3,(H,22,26). The first-order valence-electron chi connectivity index (χ1n) is 9.07. The molecule has 7 heteroatoms. The maximum Gasteiger partial charge on any atom is 0.329 e. The summed E-state index contributed by atoms with van der Waals surface area (Å²) in [7, 11) is 0. The fourth-order valence-electron chi connectivity index (χ4n) is 2.81. The van der Waals surface area contributed by atoms with Gasteiger partial charge in [0.2, 0.25) is 0 Å². The molecule has 0 saturated carbocycles. The Bertz CT molecular complexity index is 795. The highest BCUT2D eigenvalue weighted by Crippen LogP contribution is 2.18. The van der Waals surface area contributed by atoms with Crippen LogP contribution in [0.5, 0.6) is 0 Å². The minimum atomic E-state index is -0.411. The van der Waals surface area contributed by atoms with Crippen LogP contribution in [-0.2, 0) is 13.0 Å². The van der Waals surface area contributed by atoms with E-state index >= 15 is 0 Å². The number of benzene rings is 1. The molecule has 4 N–H and O–H groups in total. The van der Waals surface area contributed by atoms with Crippen molar-refractivity contribution in [1.29, 1.82) is 0 Å². The fraction of sp³-hybridized carbons (Fsp3) is 0.474. The maximum absolute atomic E-state index is 12.2. The number of aromatic nitrogens is 2. The smallest absolute Gasteiger partial charge is 0.329 e. The van der Waals surface area contributed by atoms with Gasteiger partial charge in [0.05, 0.1) is 6.61 Å². The van der Waals surface area contributed by atoms with Gasteiger partial charge in [0.1, 0.15) is 5.82 Å². The van der Waals surface area contributed by atoms with E-state index in [1.807, 2.05) is 18.2 Å². The van der Waals surface area contributed by atoms with E-state index in [1.165, 1.54) is 21.8 Å². The summed E-state index contributed by atoms with van der Waals surface area (Å²) in [5.41, 5.74) is 2.56. The number of aromatic amines is 1. The Hall–Kier alpha value is -2.38. The van der Waals surface area contributed by atoms with Crippen LogP contribution in [0.1, 0.15) is 30.9 Å². The second-order valence-corrected chi connectivity index (χ2v) is 6.28. The van der Waals surface area contributed by atoms with Gasteiger partial charge in [-0.3, -0.25) is 14.3 Å². The fourth-order valence-corrected chi connectivity index (χ4v) is 2.81. The summed E-state index contributed by atoms with van der Waals surface area (Å²) in [6.07, 6.45) is 2.47. The average molecular weight is 360 g/mol. The molecule has 2 rings (SSSR count). The van der Waals surface area contributed by atoms with E-state index in [1.54, 1.807) is 0 Å². The Kier molecular flexibility index (Phi) is 7.62. The van der Waals surface area contributed by atoms with Crippen molar-refractivity contribution >= 4 is 11.5 Å². The lowest BCUT2D eigenvalue weighted by Gasteiger charge is -2.11. The summed E-state index contributed by atoms with van der Waals surface area (Å²) in [5, 5.41) is 14.9. The summed E-state index contributed by atoms with van der Waals surface area (Å²) in [6, 6.07) is 7.39. The van der Waals surface area contributed by atoms with E-state index in [2.05, 4.69) is 29.5 Å². The first-order valence-corrected chi connectivity index (χ1v) is 9.07. The van der Waals surface area contributed by atoms with Crippen molar-refractivity contribution in [2.24, 2.45) is 0 Å². The van der Waals surface area contributed by atoms with E-state index < -0.39 is 5.69 Å². The summed E-state index contributed by atoms with van der Waals surface area (Å²) >= 11 is 0. The zero-order valence-corrected chi connectivity index (χ0v) is 15.5. The molecule has 0 fully saturated rings. The number of nitrogens with zero attached hydrogens (tertiary/aromatic N) is 1. The number of aliphatic hydroxyl groups excluding tert-OH is 1. The van der Waals surface area contributed by atoms with Crippen LogP contribution in [0.3, 0.4) is 0 Å². The second-order valence-electron chi connectivity index (χ2n) is 6.28. The van der Waals surface area contributed by atoms with E-state index in [0.717, 1.165) is 25.1 Å². The lowest BCUT2D eigenvalue weighted by atomic mass is 10.1. The maximum atomic E-state index is 12.2. The molecule has 1 heterocycles. The lowest BCUT2D eigenvalue weighted by molar-refractivity contribution is 0.292. The van der Waals surface area contributed by atoms with Crippen molar-refractivity contribution in [1.82, 2.24) is 14.9 Å². The predicted molar refractivity (Wildman–Crippen MR) is 104 cm³/mol. The van der Waals surface area contributed by atoms with E-state index in [9.17, 15) is 9.59 Å². The van der Waals surface area contributed by atoms with Gasteiger partial charge in [-0.2, -0.15) is 0 Å². The van der Waals surface area contributed by atoms with Crippen molar-refractivity contribution in [2.75, 3.05) is 25.0 Å². The van der Waals surface area contributed by atoms with Gasteiger partial charge in [0.25, 0.3) is 5.56 Å². The molecular formula is C19H28N4O3. The number of nitrogens with one attached hydrogen (secondary N) is 3. The highest BCUT2D eigenvalue weighted by atomic mass is 16.3. The van der Waals surface area contributed by atoms with E-state index in [-0.39, 0.29) is 12.2 Å². The summed E-state index contributed by atoms with van der Waals surface area (Å²) < 4.78 is 1.21. The Morgan fingerprint density at radius 2 is 1.96 bits per heavy atom. The van der Waals surface area contributed by atoms with Crippen molar-refractivity contribution in [3.8, 4) is 0 Å². The van der Waals surface area contributed by atoms with E-state index in [4.69, 9.17) is 5.11 Å². The van der Waals surface area contributed by atoms with Gasteiger partial charge < -0.3 is 15.7 Å². The summed E-state index contributed by atoms with van der Waals surface area (Å²) in [4.78, 5) is 27.2. The van der Waals surface area contributed by atoms with Crippen LogP contribution in [0.15, 0.2) is 33.9 Å². The van der Waals surface area contributed by atoms with Crippen LogP contribution in [0.4, 0.5) is 11.5 Å². The van der Waals surface area contributed by atoms with Crippen molar-refractivity contribution in [3.63, 3.8) is 0 Å². The lowest BCUT2D eigenvalue weighted by Crippen LogP contribution is -2.35. The number of hydrogen-bond donors (Lipinski definition) is 4. The van der Waals surface area contributed by atoms with Crippen molar-refractivity contribution in [3.05, 3.63) is 56.2 Å². The van der Waals surface area contributed by atoms with Gasteiger partial charge in [0.15, 0.2) is 0 Å². The number of anilines is 2. The third kappa shape index (κ3) is 5.57. The van der Waals surface area contributed by atoms with Gasteiger partial charge >= 0.3 is 5.69 Å². The largest absolute Gasteiger partial charge is 0.395 e. The normalized spacial score (nSPS) is 10.9. The molecule has 1 aromatic heterocycles. The van der Waals surface area contributed by atoms with Crippen LogP contribution in [-0.4, -0.2) is 34.4 Å². The molecule has 0 atom stereocenters. The average Bonchev–Trinajstić information content (AvgIpc) is 2.61. The number of unbranched alkanes of at least 4 members (excludes halogenated alkanes) is 1. The molecule has 142 valence electrons. The van der Waals surface area contributed by atoms with Gasteiger partial charge in [0, 0.05) is 24.8 Å². The SMILES string of the molecule is CCc1cc(Nc2cc(=O)n(CCCCNCCO)c(=O)[nH]2)ccc1C. The molecule has 0 bridgehead atoms. The Morgan fingerprint density at radius 3 is 2.65 bits per heavy atom. The van der Waals surface area contributed by atoms with Crippen LogP contribution in [0, 0.1) is 6.92 Å². The quantitative estimate of drug-likeness (QED) is 0.482. The minimum Gasteiger partial charge on any atom is -0.395 e. The zero-order valence-electron chi connectivity index (χ0n) is 15.5. The monoisotopic (exact) mass is 360 g/mol. The van der Waals surface area contributed by atoms with Crippen LogP contribution >= 0.6 is 0 Å². The molecule has 0 aliphatic heterocycles. The topological polar surface area (TPSA) is 99.2 Å². The van der Waals surface area contributed by atoms with E-state index in [0.29, 0.717) is 25.3 Å². The molecule has 7 nitrogen and oxygen atoms in total. The molecule has 0 radical (unpaired) electrons. The van der Waals surface area contributed by atoms with Gasteiger partial charge in [-0.05, 0) is 56.0 Å². The van der Waals surface area contributed by atoms with Gasteiger partial charge in [-0.15, -0.1) is 0 Å². The molecule has 0 amide bonds. The number of rotatable bonds is 10. The molecule has 0 spiro atoms. The van der Waals surface area contributed by atoms with Crippen LogP contribution < -0.4 is 21.9 Å². The summed E-state index contributed by atoms with van der Waals surface area (Å²) in [5.74, 6) is 0.395. The van der Waals surface area contributed by atoms with Crippen LogP contribution in [0.25, 0.3) is 0 Å². The second kappa shape index (κ2) is 9.94. The van der Waals surface area contributed by atoms with Crippen molar-refractivity contribution < 1.29 is 5.11 Å². The molecule has 0 unspecified atom stereocenters. The molecule has 2 aromatic rings. The van der Waals surface area contributed by atoms with Gasteiger partial charge in [-0.1, -0.05) is 13.0 Å². The number of hydrogen-bond acceptors (Lipinski definition) is 5. The number of aryl methyl sites for hydroxylation is 2. The third-order valence-electron chi connectivity index (χ3n) is 4.30. The molecule has 0 saturated heterocycles. The van der Waals surface area contributed by atoms with Crippen molar-refractivity contribution in [2.45, 2.75) is 39.7 Å². The number of aliphatic hydroxyl groups is 1. The first kappa shape index (κ1) is 19.9. The zero-order chi connectivity index (χ0) is 18.9. The first-order chi connectivity index (χ1) is 12.5. The number of H-pyrrole nitrogens is 1. The molecule has 0 aliphatic carbocycles. The van der Waals surface area contributed by atoms with Gasteiger partial charge in [-0.25, -0.2) is 4.79 Å². The molecule has 0 aliphatic rings. The molecule has 26 heavy (non-hydrogen) atoms. The minimum absolute atomic E-state index is 0.105. The molecule has 1 aromatic carbocycles. The summed E-state index contributed by atoms with van der Waals surface area (Å²) in [6.45, 7) is 5.94. The highest BCUT2D eigenvalue weighted by molar-refractivity contribution is 5.57. The predicted octanol–water partition coefficient (Wildman–Crippen LogP) is 1.51. The highest BCUT2D eigenvalue weighted by Gasteiger charge is 2.06. The Labute approximate surface area is 153 Å². The Morgan fingerprint density at radius 1 is 1.15 bits per heavy atom. The third-order valence-corrected chi connectivity index (χ3v) is 4.30.